The molecule has 1 amide bonds. The quantitative estimate of drug-likeness (QED) is 0.513. The van der Waals surface area contributed by atoms with Crippen molar-refractivity contribution >= 4 is 27.8 Å². The third-order valence-corrected chi connectivity index (χ3v) is 6.04. The van der Waals surface area contributed by atoms with Gasteiger partial charge in [-0.15, -0.1) is 0 Å². The smallest absolute Gasteiger partial charge is 0.272 e. The van der Waals surface area contributed by atoms with E-state index < -0.39 is 0 Å². The first-order valence-electron chi connectivity index (χ1n) is 10.2. The Balaban J connectivity index is 1.44. The molecule has 1 fully saturated rings. The summed E-state index contributed by atoms with van der Waals surface area (Å²) >= 11 is 0. The van der Waals surface area contributed by atoms with Crippen molar-refractivity contribution in [3.63, 3.8) is 0 Å². The molecular formula is C24H24N4O. The van der Waals surface area contributed by atoms with E-state index in [2.05, 4.69) is 28.7 Å². The molecule has 1 saturated heterocycles. The zero-order valence-corrected chi connectivity index (χ0v) is 16.8. The Hall–Kier alpha value is -3.21. The summed E-state index contributed by atoms with van der Waals surface area (Å²) in [6.45, 7) is 3.50. The van der Waals surface area contributed by atoms with Crippen molar-refractivity contribution < 1.29 is 4.79 Å². The number of carbonyl (C=O) groups is 1. The van der Waals surface area contributed by atoms with Crippen molar-refractivity contribution in [2.75, 3.05) is 13.1 Å². The second-order valence-corrected chi connectivity index (χ2v) is 7.95. The maximum atomic E-state index is 13.3. The predicted octanol–water partition coefficient (Wildman–Crippen LogP) is 4.45. The van der Waals surface area contributed by atoms with E-state index >= 15 is 0 Å². The van der Waals surface area contributed by atoms with Gasteiger partial charge in [-0.2, -0.15) is 0 Å². The molecule has 5 nitrogen and oxygen atoms in total. The molecule has 1 aliphatic rings. The van der Waals surface area contributed by atoms with Crippen molar-refractivity contribution in [2.45, 2.75) is 25.7 Å². The van der Waals surface area contributed by atoms with Crippen LogP contribution in [0.15, 0.2) is 54.6 Å². The molecule has 146 valence electrons. The van der Waals surface area contributed by atoms with Crippen LogP contribution >= 0.6 is 0 Å². The fourth-order valence-electron chi connectivity index (χ4n) is 4.52. The summed E-state index contributed by atoms with van der Waals surface area (Å²) in [6, 6.07) is 18.1. The monoisotopic (exact) mass is 384 g/mol. The van der Waals surface area contributed by atoms with Gasteiger partial charge in [0.25, 0.3) is 5.91 Å². The summed E-state index contributed by atoms with van der Waals surface area (Å²) in [4.78, 5) is 24.7. The molecule has 3 heterocycles. The predicted molar refractivity (Wildman–Crippen MR) is 115 cm³/mol. The van der Waals surface area contributed by atoms with Crippen molar-refractivity contribution in [1.29, 1.82) is 0 Å². The van der Waals surface area contributed by atoms with Crippen molar-refractivity contribution in [1.82, 2.24) is 19.4 Å². The van der Waals surface area contributed by atoms with E-state index in [4.69, 9.17) is 4.98 Å². The Bertz CT molecular complexity index is 1230. The maximum absolute atomic E-state index is 13.3. The Morgan fingerprint density at radius 2 is 1.79 bits per heavy atom. The number of rotatable bonds is 2. The van der Waals surface area contributed by atoms with Crippen LogP contribution in [0.25, 0.3) is 21.9 Å². The molecule has 1 aliphatic heterocycles. The highest BCUT2D eigenvalue weighted by molar-refractivity contribution is 5.96. The molecule has 0 N–H and O–H groups in total. The average molecular weight is 384 g/mol. The lowest BCUT2D eigenvalue weighted by atomic mass is 9.96. The molecule has 0 radical (unpaired) electrons. The van der Waals surface area contributed by atoms with Gasteiger partial charge >= 0.3 is 0 Å². The summed E-state index contributed by atoms with van der Waals surface area (Å²) in [5, 5.41) is 1.10. The fraction of sp³-hybridized carbons (Fsp3) is 0.292. The second-order valence-electron chi connectivity index (χ2n) is 7.95. The molecule has 5 rings (SSSR count). The Morgan fingerprint density at radius 1 is 1.03 bits per heavy atom. The summed E-state index contributed by atoms with van der Waals surface area (Å²) in [7, 11) is 2.07. The first-order chi connectivity index (χ1) is 14.1. The normalized spacial score (nSPS) is 17.2. The van der Waals surface area contributed by atoms with E-state index in [9.17, 15) is 4.79 Å². The first kappa shape index (κ1) is 17.9. The molecule has 2 aromatic carbocycles. The van der Waals surface area contributed by atoms with Gasteiger partial charge in [0.2, 0.25) is 0 Å². The number of imidazole rings is 1. The highest BCUT2D eigenvalue weighted by atomic mass is 16.2. The Kier molecular flexibility index (Phi) is 4.31. The number of pyridine rings is 1. The number of carbonyl (C=O) groups excluding carboxylic acids is 1. The maximum Gasteiger partial charge on any atom is 0.272 e. The van der Waals surface area contributed by atoms with Gasteiger partial charge in [-0.25, -0.2) is 9.97 Å². The van der Waals surface area contributed by atoms with E-state index in [-0.39, 0.29) is 11.8 Å². The number of hydrogen-bond donors (Lipinski definition) is 0. The number of benzene rings is 2. The highest BCUT2D eigenvalue weighted by Crippen LogP contribution is 2.29. The van der Waals surface area contributed by atoms with Crippen LogP contribution in [0.1, 0.15) is 40.6 Å². The van der Waals surface area contributed by atoms with Gasteiger partial charge in [-0.3, -0.25) is 4.79 Å². The summed E-state index contributed by atoms with van der Waals surface area (Å²) < 4.78 is 2.17. The SMILES string of the molecule is Cc1cc(C(=O)N2CCC[C@@H](c3nc4ccccc4n3C)C2)nc2ccccc12. The molecular weight excluding hydrogens is 360 g/mol. The van der Waals surface area contributed by atoms with E-state index in [0.29, 0.717) is 12.2 Å². The van der Waals surface area contributed by atoms with Crippen molar-refractivity contribution in [3.05, 3.63) is 71.7 Å². The number of likely N-dealkylation sites (tertiary alicyclic amines) is 1. The van der Waals surface area contributed by atoms with Crippen LogP contribution in [0.5, 0.6) is 0 Å². The van der Waals surface area contributed by atoms with Crippen LogP contribution < -0.4 is 0 Å². The van der Waals surface area contributed by atoms with Crippen LogP contribution in [0.4, 0.5) is 0 Å². The van der Waals surface area contributed by atoms with Gasteiger partial charge < -0.3 is 9.47 Å². The van der Waals surface area contributed by atoms with E-state index in [0.717, 1.165) is 52.7 Å². The number of hydrogen-bond acceptors (Lipinski definition) is 3. The number of fused-ring (bicyclic) bond motifs is 2. The largest absolute Gasteiger partial charge is 0.337 e. The van der Waals surface area contributed by atoms with Crippen molar-refractivity contribution in [3.8, 4) is 0 Å². The van der Waals surface area contributed by atoms with Gasteiger partial charge in [0.15, 0.2) is 0 Å². The topological polar surface area (TPSA) is 51.0 Å². The molecule has 29 heavy (non-hydrogen) atoms. The zero-order chi connectivity index (χ0) is 20.0. The molecule has 0 bridgehead atoms. The van der Waals surface area contributed by atoms with Gasteiger partial charge in [0.05, 0.1) is 16.6 Å². The van der Waals surface area contributed by atoms with Gasteiger partial charge in [-0.05, 0) is 49.6 Å². The average Bonchev–Trinajstić information content (AvgIpc) is 3.10. The Morgan fingerprint density at radius 3 is 2.62 bits per heavy atom. The lowest BCUT2D eigenvalue weighted by Gasteiger charge is -2.32. The molecule has 0 saturated carbocycles. The molecule has 2 aromatic heterocycles. The van der Waals surface area contributed by atoms with E-state index in [1.807, 2.05) is 54.3 Å². The number of para-hydroxylation sites is 3. The van der Waals surface area contributed by atoms with Crippen LogP contribution in [0.2, 0.25) is 0 Å². The standard InChI is InChI=1S/C24H24N4O/c1-16-14-21(25-19-10-4-3-9-18(16)19)24(29)28-13-7-8-17(15-28)23-26-20-11-5-6-12-22(20)27(23)2/h3-6,9-12,14,17H,7-8,13,15H2,1-2H3/t17-/m1/s1. The lowest BCUT2D eigenvalue weighted by molar-refractivity contribution is 0.0698. The van der Waals surface area contributed by atoms with Gasteiger partial charge in [0, 0.05) is 31.4 Å². The van der Waals surface area contributed by atoms with E-state index in [1.54, 1.807) is 0 Å². The highest BCUT2D eigenvalue weighted by Gasteiger charge is 2.29. The summed E-state index contributed by atoms with van der Waals surface area (Å²) in [5.41, 5.74) is 4.65. The van der Waals surface area contributed by atoms with Crippen LogP contribution in [0.3, 0.4) is 0 Å². The minimum Gasteiger partial charge on any atom is -0.337 e. The first-order valence-corrected chi connectivity index (χ1v) is 10.2. The summed E-state index contributed by atoms with van der Waals surface area (Å²) in [5.74, 6) is 1.32. The lowest BCUT2D eigenvalue weighted by Crippen LogP contribution is -2.40. The van der Waals surface area contributed by atoms with Crippen LogP contribution in [-0.4, -0.2) is 38.4 Å². The zero-order valence-electron chi connectivity index (χ0n) is 16.8. The summed E-state index contributed by atoms with van der Waals surface area (Å²) in [6.07, 6.45) is 2.03. The number of amides is 1. The second kappa shape index (κ2) is 6.99. The Labute approximate surface area is 170 Å². The molecule has 0 aliphatic carbocycles. The van der Waals surface area contributed by atoms with Gasteiger partial charge in [0.1, 0.15) is 11.5 Å². The van der Waals surface area contributed by atoms with Gasteiger partial charge in [-0.1, -0.05) is 30.3 Å². The number of aromatic nitrogens is 3. The molecule has 0 unspecified atom stereocenters. The fourth-order valence-corrected chi connectivity index (χ4v) is 4.52. The van der Waals surface area contributed by atoms with Crippen molar-refractivity contribution in [2.24, 2.45) is 7.05 Å². The molecule has 0 spiro atoms. The minimum absolute atomic E-state index is 0.0160. The number of piperidine rings is 1. The van der Waals surface area contributed by atoms with Crippen LogP contribution in [-0.2, 0) is 7.05 Å². The number of aryl methyl sites for hydroxylation is 2. The number of nitrogens with zero attached hydrogens (tertiary/aromatic N) is 4. The minimum atomic E-state index is 0.0160. The third kappa shape index (κ3) is 3.07. The molecule has 1 atom stereocenters. The van der Waals surface area contributed by atoms with Crippen LogP contribution in [0, 0.1) is 6.92 Å². The third-order valence-electron chi connectivity index (χ3n) is 6.04. The molecule has 4 aromatic rings. The molecule has 5 heteroatoms. The van der Waals surface area contributed by atoms with E-state index in [1.165, 1.54) is 0 Å².